The molecule has 1 N–H and O–H groups in total. The van der Waals surface area contributed by atoms with Crippen LogP contribution >= 0.6 is 11.8 Å². The van der Waals surface area contributed by atoms with Gasteiger partial charge in [0, 0.05) is 51.4 Å². The third kappa shape index (κ3) is 5.33. The summed E-state index contributed by atoms with van der Waals surface area (Å²) >= 11 is 1.49. The summed E-state index contributed by atoms with van der Waals surface area (Å²) in [4.78, 5) is 36.9. The van der Waals surface area contributed by atoms with Crippen LogP contribution in [0.4, 0.5) is 5.82 Å². The molecule has 0 spiro atoms. The highest BCUT2D eigenvalue weighted by atomic mass is 32.2. The molecule has 30 heavy (non-hydrogen) atoms. The molecular formula is C21H27N5O3S. The summed E-state index contributed by atoms with van der Waals surface area (Å²) in [7, 11) is 0. The van der Waals surface area contributed by atoms with Gasteiger partial charge in [0.25, 0.3) is 5.91 Å². The Morgan fingerprint density at radius 1 is 1.20 bits per heavy atom. The van der Waals surface area contributed by atoms with Crippen molar-refractivity contribution in [1.82, 2.24) is 20.2 Å². The molecule has 4 rings (SSSR count). The second kappa shape index (κ2) is 9.07. The first-order valence-electron chi connectivity index (χ1n) is 10.3. The second-order valence-electron chi connectivity index (χ2n) is 7.85. The maximum atomic E-state index is 12.1. The van der Waals surface area contributed by atoms with Gasteiger partial charge in [0.1, 0.15) is 11.6 Å². The van der Waals surface area contributed by atoms with Crippen LogP contribution in [-0.2, 0) is 10.5 Å². The molecule has 2 aliphatic rings. The van der Waals surface area contributed by atoms with E-state index in [1.807, 2.05) is 24.0 Å². The van der Waals surface area contributed by atoms with Gasteiger partial charge in [-0.05, 0) is 37.8 Å². The van der Waals surface area contributed by atoms with Gasteiger partial charge in [0.05, 0.1) is 5.75 Å². The van der Waals surface area contributed by atoms with E-state index in [1.54, 1.807) is 13.0 Å². The first-order chi connectivity index (χ1) is 14.5. The average molecular weight is 430 g/mol. The smallest absolute Gasteiger partial charge is 0.287 e. The standard InChI is InChI=1S/C21H27N5O3S/c1-14-11-19(26-9-7-25(8-10-26)15(2)27)24-21(23-14)30-13-17-5-6-18(29-17)20(28)22-12-16-3-4-16/h5-6,11,16H,3-4,7-10,12-13H2,1-2H3,(H,22,28). The number of anilines is 1. The number of piperazine rings is 1. The van der Waals surface area contributed by atoms with Crippen LogP contribution in [0.2, 0.25) is 0 Å². The number of hydrogen-bond acceptors (Lipinski definition) is 7. The monoisotopic (exact) mass is 429 g/mol. The fraction of sp³-hybridized carbons (Fsp3) is 0.524. The predicted molar refractivity (Wildman–Crippen MR) is 115 cm³/mol. The van der Waals surface area contributed by atoms with E-state index >= 15 is 0 Å². The Kier molecular flexibility index (Phi) is 6.26. The van der Waals surface area contributed by atoms with Crippen LogP contribution in [-0.4, -0.2) is 59.4 Å². The van der Waals surface area contributed by atoms with Crippen LogP contribution in [0.3, 0.4) is 0 Å². The Morgan fingerprint density at radius 3 is 2.67 bits per heavy atom. The molecule has 0 radical (unpaired) electrons. The summed E-state index contributed by atoms with van der Waals surface area (Å²) < 4.78 is 5.69. The van der Waals surface area contributed by atoms with Gasteiger partial charge in [0.2, 0.25) is 5.91 Å². The van der Waals surface area contributed by atoms with E-state index < -0.39 is 0 Å². The Hall–Kier alpha value is -2.55. The molecule has 0 unspecified atom stereocenters. The van der Waals surface area contributed by atoms with E-state index in [-0.39, 0.29) is 11.8 Å². The van der Waals surface area contributed by atoms with Crippen molar-refractivity contribution in [1.29, 1.82) is 0 Å². The summed E-state index contributed by atoms with van der Waals surface area (Å²) in [6, 6.07) is 5.52. The van der Waals surface area contributed by atoms with Gasteiger partial charge >= 0.3 is 0 Å². The predicted octanol–water partition coefficient (Wildman–Crippen LogP) is 2.48. The minimum absolute atomic E-state index is 0.115. The number of carbonyl (C=O) groups excluding carboxylic acids is 2. The fourth-order valence-corrected chi connectivity index (χ4v) is 4.15. The quantitative estimate of drug-likeness (QED) is 0.534. The summed E-state index contributed by atoms with van der Waals surface area (Å²) in [6.07, 6.45) is 2.40. The van der Waals surface area contributed by atoms with E-state index in [0.29, 0.717) is 35.7 Å². The summed E-state index contributed by atoms with van der Waals surface area (Å²) in [5.41, 5.74) is 0.899. The van der Waals surface area contributed by atoms with Gasteiger partial charge in [-0.15, -0.1) is 0 Å². The van der Waals surface area contributed by atoms with Crippen molar-refractivity contribution in [2.45, 2.75) is 37.6 Å². The maximum Gasteiger partial charge on any atom is 0.287 e. The molecule has 160 valence electrons. The van der Waals surface area contributed by atoms with Crippen LogP contribution in [0.15, 0.2) is 27.8 Å². The van der Waals surface area contributed by atoms with Crippen molar-refractivity contribution in [2.24, 2.45) is 5.92 Å². The molecule has 1 saturated carbocycles. The minimum atomic E-state index is -0.156. The Morgan fingerprint density at radius 2 is 1.97 bits per heavy atom. The molecule has 8 nitrogen and oxygen atoms in total. The lowest BCUT2D eigenvalue weighted by atomic mass is 10.3. The number of rotatable bonds is 7. The van der Waals surface area contributed by atoms with Crippen molar-refractivity contribution < 1.29 is 14.0 Å². The summed E-state index contributed by atoms with van der Waals surface area (Å²) in [6.45, 7) is 7.23. The van der Waals surface area contributed by atoms with E-state index in [2.05, 4.69) is 15.2 Å². The number of nitrogens with zero attached hydrogens (tertiary/aromatic N) is 4. The van der Waals surface area contributed by atoms with Gasteiger partial charge in [-0.25, -0.2) is 9.97 Å². The molecule has 0 atom stereocenters. The number of carbonyl (C=O) groups is 2. The average Bonchev–Trinajstić information content (AvgIpc) is 3.45. The van der Waals surface area contributed by atoms with Gasteiger partial charge in [-0.2, -0.15) is 0 Å². The summed E-state index contributed by atoms with van der Waals surface area (Å²) in [5.74, 6) is 3.10. The Balaban J connectivity index is 1.33. The molecule has 1 aliphatic carbocycles. The third-order valence-electron chi connectivity index (χ3n) is 5.35. The van der Waals surface area contributed by atoms with Crippen LogP contribution in [0, 0.1) is 12.8 Å². The van der Waals surface area contributed by atoms with Crippen molar-refractivity contribution in [3.05, 3.63) is 35.4 Å². The Bertz CT molecular complexity index is 919. The molecule has 0 bridgehead atoms. The van der Waals surface area contributed by atoms with Gasteiger partial charge in [0.15, 0.2) is 10.9 Å². The molecular weight excluding hydrogens is 402 g/mol. The summed E-state index contributed by atoms with van der Waals surface area (Å²) in [5, 5.41) is 3.59. The number of aromatic nitrogens is 2. The first kappa shape index (κ1) is 20.7. The first-order valence-corrected chi connectivity index (χ1v) is 11.3. The lowest BCUT2D eigenvalue weighted by molar-refractivity contribution is -0.129. The van der Waals surface area contributed by atoms with Crippen molar-refractivity contribution >= 4 is 29.4 Å². The molecule has 2 fully saturated rings. The zero-order chi connectivity index (χ0) is 21.1. The minimum Gasteiger partial charge on any atom is -0.455 e. The molecule has 3 heterocycles. The van der Waals surface area contributed by atoms with E-state index in [4.69, 9.17) is 9.40 Å². The van der Waals surface area contributed by atoms with E-state index in [9.17, 15) is 9.59 Å². The lowest BCUT2D eigenvalue weighted by Gasteiger charge is -2.35. The zero-order valence-corrected chi connectivity index (χ0v) is 18.2. The maximum absolute atomic E-state index is 12.1. The highest BCUT2D eigenvalue weighted by Gasteiger charge is 2.23. The molecule has 9 heteroatoms. The van der Waals surface area contributed by atoms with Crippen molar-refractivity contribution in [3.63, 3.8) is 0 Å². The lowest BCUT2D eigenvalue weighted by Crippen LogP contribution is -2.48. The number of hydrogen-bond donors (Lipinski definition) is 1. The van der Waals surface area contributed by atoms with Gasteiger partial charge in [-0.1, -0.05) is 11.8 Å². The third-order valence-corrected chi connectivity index (χ3v) is 6.22. The van der Waals surface area contributed by atoms with E-state index in [1.165, 1.54) is 24.6 Å². The highest BCUT2D eigenvalue weighted by Crippen LogP contribution is 2.28. The van der Waals surface area contributed by atoms with Gasteiger partial charge in [-0.3, -0.25) is 9.59 Å². The molecule has 1 aliphatic heterocycles. The largest absolute Gasteiger partial charge is 0.455 e. The number of nitrogens with one attached hydrogen (secondary N) is 1. The zero-order valence-electron chi connectivity index (χ0n) is 17.4. The number of furan rings is 1. The topological polar surface area (TPSA) is 91.6 Å². The van der Waals surface area contributed by atoms with E-state index in [0.717, 1.165) is 36.9 Å². The molecule has 1 saturated heterocycles. The van der Waals surface area contributed by atoms with Crippen LogP contribution < -0.4 is 10.2 Å². The number of thioether (sulfide) groups is 1. The molecule has 2 amide bonds. The molecule has 2 aromatic heterocycles. The number of aryl methyl sites for hydroxylation is 1. The van der Waals surface area contributed by atoms with Crippen molar-refractivity contribution in [2.75, 3.05) is 37.6 Å². The SMILES string of the molecule is CC(=O)N1CCN(c2cc(C)nc(SCc3ccc(C(=O)NCC4CC4)o3)n2)CC1. The fourth-order valence-electron chi connectivity index (χ4n) is 3.36. The Labute approximate surface area is 180 Å². The normalized spacial score (nSPS) is 16.6. The van der Waals surface area contributed by atoms with Gasteiger partial charge < -0.3 is 19.5 Å². The van der Waals surface area contributed by atoms with Crippen LogP contribution in [0.1, 0.15) is 41.8 Å². The second-order valence-corrected chi connectivity index (χ2v) is 8.79. The van der Waals surface area contributed by atoms with Crippen molar-refractivity contribution in [3.8, 4) is 0 Å². The highest BCUT2D eigenvalue weighted by molar-refractivity contribution is 7.98. The molecule has 0 aromatic carbocycles. The van der Waals surface area contributed by atoms with Crippen LogP contribution in [0.25, 0.3) is 0 Å². The van der Waals surface area contributed by atoms with Crippen LogP contribution in [0.5, 0.6) is 0 Å². The number of amides is 2. The molecule has 2 aromatic rings.